The van der Waals surface area contributed by atoms with Crippen LogP contribution in [0.15, 0.2) is 18.2 Å². The molecule has 0 unspecified atom stereocenters. The largest absolute Gasteiger partial charge is 0.493 e. The molecule has 1 rings (SSSR count). The minimum Gasteiger partial charge on any atom is -0.493 e. The fraction of sp³-hybridized carbons (Fsp3) is 0.471. The third kappa shape index (κ3) is 7.11. The molecule has 2 N–H and O–H groups in total. The number of imide groups is 1. The summed E-state index contributed by atoms with van der Waals surface area (Å²) in [4.78, 5) is 35.0. The van der Waals surface area contributed by atoms with Gasteiger partial charge in [0.1, 0.15) is 0 Å². The number of amides is 3. The van der Waals surface area contributed by atoms with Crippen molar-refractivity contribution in [1.29, 1.82) is 0 Å². The first-order valence-electron chi connectivity index (χ1n) is 7.93. The van der Waals surface area contributed by atoms with Crippen LogP contribution in [-0.2, 0) is 9.53 Å². The Hall–Kier alpha value is -2.77. The number of carbonyl (C=O) groups is 3. The summed E-state index contributed by atoms with van der Waals surface area (Å²) < 4.78 is 15.4. The molecule has 138 valence electrons. The first-order chi connectivity index (χ1) is 11.9. The molecule has 0 spiro atoms. The van der Waals surface area contributed by atoms with E-state index in [0.29, 0.717) is 24.7 Å². The predicted octanol–water partition coefficient (Wildman–Crippen LogP) is 1.73. The van der Waals surface area contributed by atoms with Crippen molar-refractivity contribution in [1.82, 2.24) is 10.6 Å². The van der Waals surface area contributed by atoms with Gasteiger partial charge in [0, 0.05) is 6.54 Å². The van der Waals surface area contributed by atoms with Crippen LogP contribution < -0.4 is 20.1 Å². The SMILES string of the molecule is CCOc1ccc(C(=O)OCC(=O)NC(=O)NCC(C)C)cc1OC. The molecule has 0 atom stereocenters. The van der Waals surface area contributed by atoms with Gasteiger partial charge in [-0.15, -0.1) is 0 Å². The highest BCUT2D eigenvalue weighted by Crippen LogP contribution is 2.28. The maximum Gasteiger partial charge on any atom is 0.338 e. The number of hydrogen-bond donors (Lipinski definition) is 2. The molecule has 0 aliphatic heterocycles. The molecule has 1 aromatic carbocycles. The second kappa shape index (κ2) is 10.2. The van der Waals surface area contributed by atoms with Gasteiger partial charge in [0.15, 0.2) is 18.1 Å². The van der Waals surface area contributed by atoms with E-state index in [1.165, 1.54) is 19.2 Å². The van der Waals surface area contributed by atoms with E-state index in [0.717, 1.165) is 0 Å². The monoisotopic (exact) mass is 352 g/mol. The number of ether oxygens (including phenoxy) is 3. The summed E-state index contributed by atoms with van der Waals surface area (Å²) in [5, 5.41) is 4.60. The Bertz CT molecular complexity index is 615. The fourth-order valence-electron chi connectivity index (χ4n) is 1.79. The molecule has 0 radical (unpaired) electrons. The molecule has 0 bridgehead atoms. The molecule has 8 heteroatoms. The Kier molecular flexibility index (Phi) is 8.25. The first kappa shape index (κ1) is 20.3. The van der Waals surface area contributed by atoms with Crippen LogP contribution >= 0.6 is 0 Å². The van der Waals surface area contributed by atoms with Gasteiger partial charge >= 0.3 is 12.0 Å². The summed E-state index contributed by atoms with van der Waals surface area (Å²) >= 11 is 0. The zero-order valence-corrected chi connectivity index (χ0v) is 14.9. The van der Waals surface area contributed by atoms with Crippen molar-refractivity contribution in [2.75, 3.05) is 26.9 Å². The summed E-state index contributed by atoms with van der Waals surface area (Å²) in [5.74, 6) is -0.283. The molecule has 25 heavy (non-hydrogen) atoms. The number of carbonyl (C=O) groups excluding carboxylic acids is 3. The van der Waals surface area contributed by atoms with Gasteiger partial charge in [-0.1, -0.05) is 13.8 Å². The Morgan fingerprint density at radius 3 is 2.48 bits per heavy atom. The van der Waals surface area contributed by atoms with Crippen LogP contribution in [0.1, 0.15) is 31.1 Å². The second-order valence-corrected chi connectivity index (χ2v) is 5.53. The van der Waals surface area contributed by atoms with E-state index in [9.17, 15) is 14.4 Å². The molecule has 0 aliphatic carbocycles. The van der Waals surface area contributed by atoms with Gasteiger partial charge in [0.05, 0.1) is 19.3 Å². The molecule has 0 saturated heterocycles. The quantitative estimate of drug-likeness (QED) is 0.691. The summed E-state index contributed by atoms with van der Waals surface area (Å²) in [6.07, 6.45) is 0. The van der Waals surface area contributed by atoms with Crippen LogP contribution in [0.25, 0.3) is 0 Å². The molecule has 0 heterocycles. The average molecular weight is 352 g/mol. The van der Waals surface area contributed by atoms with E-state index in [4.69, 9.17) is 14.2 Å². The number of benzene rings is 1. The highest BCUT2D eigenvalue weighted by atomic mass is 16.5. The van der Waals surface area contributed by atoms with Crippen LogP contribution in [0.4, 0.5) is 4.79 Å². The van der Waals surface area contributed by atoms with E-state index in [2.05, 4.69) is 10.6 Å². The highest BCUT2D eigenvalue weighted by molar-refractivity contribution is 5.97. The smallest absolute Gasteiger partial charge is 0.338 e. The van der Waals surface area contributed by atoms with Gasteiger partial charge in [0.2, 0.25) is 0 Å². The van der Waals surface area contributed by atoms with Crippen molar-refractivity contribution >= 4 is 17.9 Å². The minimum atomic E-state index is -0.715. The molecule has 0 aromatic heterocycles. The van der Waals surface area contributed by atoms with Crippen molar-refractivity contribution in [3.63, 3.8) is 0 Å². The number of urea groups is 1. The Morgan fingerprint density at radius 2 is 1.88 bits per heavy atom. The predicted molar refractivity (Wildman–Crippen MR) is 90.8 cm³/mol. The molecular formula is C17H24N2O6. The summed E-state index contributed by atoms with van der Waals surface area (Å²) in [5.41, 5.74) is 0.206. The highest BCUT2D eigenvalue weighted by Gasteiger charge is 2.15. The number of nitrogens with one attached hydrogen (secondary N) is 2. The first-order valence-corrected chi connectivity index (χ1v) is 7.93. The van der Waals surface area contributed by atoms with Gasteiger partial charge in [-0.25, -0.2) is 9.59 Å². The van der Waals surface area contributed by atoms with E-state index in [1.54, 1.807) is 6.07 Å². The lowest BCUT2D eigenvalue weighted by atomic mass is 10.2. The lowest BCUT2D eigenvalue weighted by Gasteiger charge is -2.11. The Labute approximate surface area is 146 Å². The third-order valence-electron chi connectivity index (χ3n) is 2.96. The number of hydrogen-bond acceptors (Lipinski definition) is 6. The fourth-order valence-corrected chi connectivity index (χ4v) is 1.79. The number of methoxy groups -OCH3 is 1. The van der Waals surface area contributed by atoms with E-state index in [1.807, 2.05) is 20.8 Å². The van der Waals surface area contributed by atoms with E-state index >= 15 is 0 Å². The summed E-state index contributed by atoms with van der Waals surface area (Å²) in [6.45, 7) is 6.01. The van der Waals surface area contributed by atoms with Gasteiger partial charge in [-0.2, -0.15) is 0 Å². The minimum absolute atomic E-state index is 0.206. The topological polar surface area (TPSA) is 103 Å². The Balaban J connectivity index is 2.53. The molecule has 8 nitrogen and oxygen atoms in total. The molecule has 0 aliphatic rings. The van der Waals surface area contributed by atoms with Crippen molar-refractivity contribution < 1.29 is 28.6 Å². The number of esters is 1. The summed E-state index contributed by atoms with van der Waals surface area (Å²) in [6, 6.07) is 3.92. The molecule has 0 fully saturated rings. The molecule has 3 amide bonds. The van der Waals surface area contributed by atoms with Crippen LogP contribution in [0.3, 0.4) is 0 Å². The maximum absolute atomic E-state index is 12.0. The molecule has 0 saturated carbocycles. The van der Waals surface area contributed by atoms with Crippen molar-refractivity contribution in [2.45, 2.75) is 20.8 Å². The maximum atomic E-state index is 12.0. The standard InChI is InChI=1S/C17H24N2O6/c1-5-24-13-7-6-12(8-14(13)23-4)16(21)25-10-15(20)19-17(22)18-9-11(2)3/h6-8,11H,5,9-10H2,1-4H3,(H2,18,19,20,22). The van der Waals surface area contributed by atoms with Crippen molar-refractivity contribution in [3.05, 3.63) is 23.8 Å². The van der Waals surface area contributed by atoms with Crippen molar-refractivity contribution in [2.24, 2.45) is 5.92 Å². The zero-order chi connectivity index (χ0) is 18.8. The van der Waals surface area contributed by atoms with Gasteiger partial charge in [-0.3, -0.25) is 10.1 Å². The average Bonchev–Trinajstić information content (AvgIpc) is 2.58. The van der Waals surface area contributed by atoms with E-state index < -0.39 is 24.5 Å². The summed E-state index contributed by atoms with van der Waals surface area (Å²) in [7, 11) is 1.45. The number of rotatable bonds is 8. The van der Waals surface area contributed by atoms with Gasteiger partial charge in [-0.05, 0) is 31.0 Å². The zero-order valence-electron chi connectivity index (χ0n) is 14.9. The lowest BCUT2D eigenvalue weighted by molar-refractivity contribution is -0.123. The Morgan fingerprint density at radius 1 is 1.16 bits per heavy atom. The molecule has 1 aromatic rings. The van der Waals surface area contributed by atoms with Gasteiger partial charge < -0.3 is 19.5 Å². The van der Waals surface area contributed by atoms with Gasteiger partial charge in [0.25, 0.3) is 5.91 Å². The lowest BCUT2D eigenvalue weighted by Crippen LogP contribution is -2.42. The second-order valence-electron chi connectivity index (χ2n) is 5.53. The van der Waals surface area contributed by atoms with Crippen LogP contribution in [0.5, 0.6) is 11.5 Å². The van der Waals surface area contributed by atoms with Crippen LogP contribution in [0, 0.1) is 5.92 Å². The van der Waals surface area contributed by atoms with E-state index in [-0.39, 0.29) is 11.5 Å². The third-order valence-corrected chi connectivity index (χ3v) is 2.96. The molecular weight excluding hydrogens is 328 g/mol. The van der Waals surface area contributed by atoms with Crippen molar-refractivity contribution in [3.8, 4) is 11.5 Å². The normalized spacial score (nSPS) is 10.1. The van der Waals surface area contributed by atoms with Crippen LogP contribution in [-0.4, -0.2) is 44.8 Å². The van der Waals surface area contributed by atoms with Crippen LogP contribution in [0.2, 0.25) is 0 Å².